The molecule has 0 fully saturated rings. The molecule has 2 aromatic rings. The van der Waals surface area contributed by atoms with E-state index in [9.17, 15) is 26.4 Å². The molecule has 0 radical (unpaired) electrons. The Morgan fingerprint density at radius 3 is 2.47 bits per heavy atom. The van der Waals surface area contributed by atoms with E-state index >= 15 is 0 Å². The maximum absolute atomic E-state index is 12.9. The van der Waals surface area contributed by atoms with Gasteiger partial charge in [-0.2, -0.15) is 13.2 Å². The molecule has 30 heavy (non-hydrogen) atoms. The van der Waals surface area contributed by atoms with E-state index in [0.29, 0.717) is 5.75 Å². The van der Waals surface area contributed by atoms with Crippen molar-refractivity contribution in [2.75, 3.05) is 24.2 Å². The Balaban J connectivity index is 1.96. The Morgan fingerprint density at radius 2 is 1.83 bits per heavy atom. The van der Waals surface area contributed by atoms with Gasteiger partial charge in [-0.15, -0.1) is 0 Å². The highest BCUT2D eigenvalue weighted by Crippen LogP contribution is 2.32. The summed E-state index contributed by atoms with van der Waals surface area (Å²) < 4.78 is 68.9. The van der Waals surface area contributed by atoms with Crippen LogP contribution in [0.1, 0.15) is 24.0 Å². The summed E-state index contributed by atoms with van der Waals surface area (Å²) in [5.41, 5.74) is -0.196. The van der Waals surface area contributed by atoms with E-state index in [1.54, 1.807) is 18.2 Å². The molecule has 0 aliphatic carbocycles. The minimum atomic E-state index is -4.58. The smallest absolute Gasteiger partial charge is 0.416 e. The van der Waals surface area contributed by atoms with Crippen LogP contribution < -0.4 is 14.4 Å². The summed E-state index contributed by atoms with van der Waals surface area (Å²) in [6.45, 7) is 0.159. The van der Waals surface area contributed by atoms with Gasteiger partial charge in [0.15, 0.2) is 0 Å². The normalized spacial score (nSPS) is 11.8. The van der Waals surface area contributed by atoms with Crippen molar-refractivity contribution in [3.63, 3.8) is 0 Å². The Bertz CT molecular complexity index is 978. The molecule has 0 atom stereocenters. The van der Waals surface area contributed by atoms with E-state index in [0.717, 1.165) is 34.3 Å². The van der Waals surface area contributed by atoms with Gasteiger partial charge in [-0.05, 0) is 42.3 Å². The summed E-state index contributed by atoms with van der Waals surface area (Å²) in [5.74, 6) is 0.363. The zero-order chi connectivity index (χ0) is 22.4. The average molecular weight is 444 g/mol. The topological polar surface area (TPSA) is 75.7 Å². The summed E-state index contributed by atoms with van der Waals surface area (Å²) in [6.07, 6.45) is -3.50. The van der Waals surface area contributed by atoms with Gasteiger partial charge in [0.05, 0.1) is 24.6 Å². The largest absolute Gasteiger partial charge is 0.497 e. The molecule has 0 bridgehead atoms. The predicted octanol–water partition coefficient (Wildman–Crippen LogP) is 3.58. The molecule has 1 amide bonds. The molecule has 10 heteroatoms. The van der Waals surface area contributed by atoms with Crippen LogP contribution in [0.15, 0.2) is 48.5 Å². The van der Waals surface area contributed by atoms with Crippen molar-refractivity contribution >= 4 is 21.6 Å². The first-order chi connectivity index (χ1) is 14.0. The van der Waals surface area contributed by atoms with Gasteiger partial charge in [0, 0.05) is 19.5 Å². The van der Waals surface area contributed by atoms with Gasteiger partial charge in [-0.1, -0.05) is 18.2 Å². The second kappa shape index (κ2) is 9.84. The van der Waals surface area contributed by atoms with E-state index in [1.165, 1.54) is 13.2 Å². The van der Waals surface area contributed by atoms with Crippen LogP contribution in [0.4, 0.5) is 18.9 Å². The highest BCUT2D eigenvalue weighted by atomic mass is 32.2. The van der Waals surface area contributed by atoms with Gasteiger partial charge in [-0.3, -0.25) is 9.10 Å². The number of nitrogens with one attached hydrogen (secondary N) is 1. The highest BCUT2D eigenvalue weighted by molar-refractivity contribution is 7.92. The van der Waals surface area contributed by atoms with E-state index in [-0.39, 0.29) is 37.5 Å². The van der Waals surface area contributed by atoms with Crippen LogP contribution in [-0.2, 0) is 27.5 Å². The zero-order valence-corrected chi connectivity index (χ0v) is 17.4. The number of sulfonamides is 1. The first-order valence-corrected chi connectivity index (χ1v) is 10.9. The predicted molar refractivity (Wildman–Crippen MR) is 108 cm³/mol. The van der Waals surface area contributed by atoms with Crippen LogP contribution in [0.3, 0.4) is 0 Å². The molecule has 2 aromatic carbocycles. The number of methoxy groups -OCH3 is 1. The number of hydrogen-bond acceptors (Lipinski definition) is 4. The number of alkyl halides is 3. The number of nitrogens with zero attached hydrogens (tertiary/aromatic N) is 1. The summed E-state index contributed by atoms with van der Waals surface area (Å²) in [7, 11) is -2.28. The summed E-state index contributed by atoms with van der Waals surface area (Å²) >= 11 is 0. The van der Waals surface area contributed by atoms with Gasteiger partial charge in [0.1, 0.15) is 5.75 Å². The second-order valence-electron chi connectivity index (χ2n) is 6.62. The summed E-state index contributed by atoms with van der Waals surface area (Å²) in [6, 6.07) is 11.3. The number of carbonyl (C=O) groups is 1. The number of ether oxygens (including phenoxy) is 1. The Morgan fingerprint density at radius 1 is 1.13 bits per heavy atom. The third-order valence-electron chi connectivity index (χ3n) is 4.25. The van der Waals surface area contributed by atoms with Crippen LogP contribution >= 0.6 is 0 Å². The van der Waals surface area contributed by atoms with Crippen LogP contribution in [0.2, 0.25) is 0 Å². The minimum absolute atomic E-state index is 0.0228. The maximum Gasteiger partial charge on any atom is 0.416 e. The van der Waals surface area contributed by atoms with Gasteiger partial charge in [-0.25, -0.2) is 8.42 Å². The number of anilines is 1. The fourth-order valence-electron chi connectivity index (χ4n) is 2.78. The Kier molecular flexibility index (Phi) is 7.71. The molecule has 6 nitrogen and oxygen atoms in total. The standard InChI is InChI=1S/C20H23F3N2O4S/c1-29-18-9-3-6-15(12-18)14-24-19(26)10-5-11-25(30(2,27)28)17-8-4-7-16(13-17)20(21,22)23/h3-4,6-9,12-13H,5,10-11,14H2,1-2H3,(H,24,26). The fraction of sp³-hybridized carbons (Fsp3) is 0.350. The van der Waals surface area contributed by atoms with Gasteiger partial charge >= 0.3 is 6.18 Å². The molecule has 164 valence electrons. The molecule has 2 rings (SSSR count). The third kappa shape index (κ3) is 6.94. The second-order valence-corrected chi connectivity index (χ2v) is 8.52. The Hall–Kier alpha value is -2.75. The fourth-order valence-corrected chi connectivity index (χ4v) is 3.74. The molecular weight excluding hydrogens is 421 g/mol. The van der Waals surface area contributed by atoms with Crippen LogP contribution in [-0.4, -0.2) is 34.2 Å². The first kappa shape index (κ1) is 23.5. The van der Waals surface area contributed by atoms with E-state index < -0.39 is 21.8 Å². The van der Waals surface area contributed by atoms with Gasteiger partial charge in [0.25, 0.3) is 0 Å². The van der Waals surface area contributed by atoms with E-state index in [4.69, 9.17) is 4.74 Å². The molecule has 0 saturated carbocycles. The monoisotopic (exact) mass is 444 g/mol. The van der Waals surface area contributed by atoms with Crippen molar-refractivity contribution in [2.45, 2.75) is 25.6 Å². The summed E-state index contributed by atoms with van der Waals surface area (Å²) in [5, 5.41) is 2.72. The van der Waals surface area contributed by atoms with Crippen LogP contribution in [0.25, 0.3) is 0 Å². The first-order valence-electron chi connectivity index (χ1n) is 9.05. The lowest BCUT2D eigenvalue weighted by Gasteiger charge is -2.23. The lowest BCUT2D eigenvalue weighted by atomic mass is 10.2. The lowest BCUT2D eigenvalue weighted by molar-refractivity contribution is -0.137. The number of rotatable bonds is 9. The van der Waals surface area contributed by atoms with Gasteiger partial charge < -0.3 is 10.1 Å². The molecule has 0 unspecified atom stereocenters. The summed E-state index contributed by atoms with van der Waals surface area (Å²) in [4.78, 5) is 12.1. The average Bonchev–Trinajstić information content (AvgIpc) is 2.68. The molecular formula is C20H23F3N2O4S. The molecule has 0 aromatic heterocycles. The van der Waals surface area contributed by atoms with Crippen LogP contribution in [0, 0.1) is 0 Å². The quantitative estimate of drug-likeness (QED) is 0.642. The molecule has 0 spiro atoms. The van der Waals surface area contributed by atoms with Crippen LogP contribution in [0.5, 0.6) is 5.75 Å². The highest BCUT2D eigenvalue weighted by Gasteiger charge is 2.31. The number of hydrogen-bond donors (Lipinski definition) is 1. The molecule has 0 aliphatic heterocycles. The molecule has 0 saturated heterocycles. The van der Waals surface area contributed by atoms with Crippen molar-refractivity contribution in [1.82, 2.24) is 5.32 Å². The molecule has 0 aliphatic rings. The molecule has 0 heterocycles. The number of halogens is 3. The van der Waals surface area contributed by atoms with Crippen molar-refractivity contribution in [3.8, 4) is 5.75 Å². The van der Waals surface area contributed by atoms with E-state index in [2.05, 4.69) is 5.32 Å². The van der Waals surface area contributed by atoms with Crippen molar-refractivity contribution in [1.29, 1.82) is 0 Å². The SMILES string of the molecule is COc1cccc(CNC(=O)CCCN(c2cccc(C(F)(F)F)c2)S(C)(=O)=O)c1. The Labute approximate surface area is 173 Å². The third-order valence-corrected chi connectivity index (χ3v) is 5.44. The van der Waals surface area contributed by atoms with Gasteiger partial charge in [0.2, 0.25) is 15.9 Å². The van der Waals surface area contributed by atoms with E-state index in [1.807, 2.05) is 6.07 Å². The number of benzene rings is 2. The lowest BCUT2D eigenvalue weighted by Crippen LogP contribution is -2.32. The minimum Gasteiger partial charge on any atom is -0.497 e. The van der Waals surface area contributed by atoms with Crippen molar-refractivity contribution in [2.24, 2.45) is 0 Å². The van der Waals surface area contributed by atoms with Crippen molar-refractivity contribution in [3.05, 3.63) is 59.7 Å². The maximum atomic E-state index is 12.9. The number of carbonyl (C=O) groups excluding carboxylic acids is 1. The number of amides is 1. The molecule has 1 N–H and O–H groups in total. The zero-order valence-electron chi connectivity index (χ0n) is 16.6. The van der Waals surface area contributed by atoms with Crippen molar-refractivity contribution < 1.29 is 31.1 Å².